The van der Waals surface area contributed by atoms with Crippen molar-refractivity contribution in [2.75, 3.05) is 0 Å². The molecule has 0 radical (unpaired) electrons. The minimum Gasteiger partial charge on any atom is -0.435 e. The van der Waals surface area contributed by atoms with Gasteiger partial charge in [-0.1, -0.05) is 164 Å². The second-order valence-electron chi connectivity index (χ2n) is 13.8. The van der Waals surface area contributed by atoms with E-state index in [9.17, 15) is 0 Å². The summed E-state index contributed by atoms with van der Waals surface area (Å²) in [5.41, 5.74) is 10.0. The third-order valence-corrected chi connectivity index (χ3v) is 10.9. The van der Waals surface area contributed by atoms with Gasteiger partial charge < -0.3 is 4.42 Å². The molecule has 0 amide bonds. The first-order valence-electron chi connectivity index (χ1n) is 18.1. The molecule has 0 atom stereocenters. The first-order chi connectivity index (χ1) is 26.3. The van der Waals surface area contributed by atoms with Crippen molar-refractivity contribution in [3.05, 3.63) is 188 Å². The summed E-state index contributed by atoms with van der Waals surface area (Å²) in [5.74, 6) is 0.636. The number of oxazole rings is 1. The zero-order chi connectivity index (χ0) is 34.9. The van der Waals surface area contributed by atoms with Crippen LogP contribution in [0.4, 0.5) is 0 Å². The van der Waals surface area contributed by atoms with Crippen LogP contribution in [0.3, 0.4) is 0 Å². The van der Waals surface area contributed by atoms with Crippen LogP contribution in [0.2, 0.25) is 0 Å². The van der Waals surface area contributed by atoms with Crippen LogP contribution >= 0.6 is 0 Å². The Morgan fingerprint density at radius 1 is 0.340 bits per heavy atom. The molecule has 0 aliphatic rings. The van der Waals surface area contributed by atoms with Gasteiger partial charge in [0, 0.05) is 10.9 Å². The molecular weight excluding hydrogens is 643 g/mol. The summed E-state index contributed by atoms with van der Waals surface area (Å²) in [4.78, 5) is 4.92. The Hall–Kier alpha value is -7.03. The molecule has 0 saturated heterocycles. The van der Waals surface area contributed by atoms with Gasteiger partial charge in [-0.25, -0.2) is 4.98 Å². The highest BCUT2D eigenvalue weighted by Crippen LogP contribution is 2.48. The van der Waals surface area contributed by atoms with Crippen molar-refractivity contribution in [2.45, 2.75) is 0 Å². The fourth-order valence-electron chi connectivity index (χ4n) is 8.51. The molecule has 2 nitrogen and oxygen atoms in total. The van der Waals surface area contributed by atoms with Gasteiger partial charge in [0.2, 0.25) is 5.89 Å². The molecule has 0 aliphatic carbocycles. The lowest BCUT2D eigenvalue weighted by Gasteiger charge is -2.21. The zero-order valence-electron chi connectivity index (χ0n) is 28.8. The van der Waals surface area contributed by atoms with E-state index in [0.29, 0.717) is 5.89 Å². The molecule has 11 aromatic rings. The third-order valence-electron chi connectivity index (χ3n) is 10.9. The Bertz CT molecular complexity index is 3160. The number of rotatable bonds is 4. The van der Waals surface area contributed by atoms with Gasteiger partial charge in [0.05, 0.1) is 0 Å². The monoisotopic (exact) mass is 673 g/mol. The Labute approximate surface area is 306 Å². The van der Waals surface area contributed by atoms with Gasteiger partial charge in [-0.15, -0.1) is 0 Å². The quantitative estimate of drug-likeness (QED) is 0.137. The van der Waals surface area contributed by atoms with Gasteiger partial charge >= 0.3 is 0 Å². The maximum Gasteiger partial charge on any atom is 0.227 e. The summed E-state index contributed by atoms with van der Waals surface area (Å²) in [6, 6.07) is 67.7. The summed E-state index contributed by atoms with van der Waals surface area (Å²) >= 11 is 0. The Kier molecular flexibility index (Phi) is 6.59. The van der Waals surface area contributed by atoms with Gasteiger partial charge in [0.15, 0.2) is 5.58 Å². The lowest BCUT2D eigenvalue weighted by molar-refractivity contribution is 0.623. The van der Waals surface area contributed by atoms with Crippen LogP contribution in [0.25, 0.3) is 110 Å². The molecule has 10 aromatic carbocycles. The summed E-state index contributed by atoms with van der Waals surface area (Å²) in [5, 5.41) is 11.9. The largest absolute Gasteiger partial charge is 0.435 e. The van der Waals surface area contributed by atoms with E-state index in [1.807, 2.05) is 30.3 Å². The van der Waals surface area contributed by atoms with Gasteiger partial charge in [-0.2, -0.15) is 0 Å². The molecule has 2 heteroatoms. The number of benzene rings is 10. The van der Waals surface area contributed by atoms with Gasteiger partial charge in [-0.05, 0) is 106 Å². The predicted octanol–water partition coefficient (Wildman–Crippen LogP) is 14.3. The van der Waals surface area contributed by atoms with Crippen molar-refractivity contribution in [2.24, 2.45) is 0 Å². The van der Waals surface area contributed by atoms with Crippen LogP contribution in [0.5, 0.6) is 0 Å². The van der Waals surface area contributed by atoms with Crippen molar-refractivity contribution in [3.63, 3.8) is 0 Å². The van der Waals surface area contributed by atoms with E-state index >= 15 is 0 Å². The van der Waals surface area contributed by atoms with Gasteiger partial charge in [0.1, 0.15) is 5.52 Å². The summed E-state index contributed by atoms with van der Waals surface area (Å²) < 4.78 is 6.59. The highest BCUT2D eigenvalue weighted by atomic mass is 16.3. The molecule has 1 heterocycles. The normalized spacial score (nSPS) is 11.8. The molecule has 0 saturated carbocycles. The average Bonchev–Trinajstić information content (AvgIpc) is 3.68. The number of nitrogens with zero attached hydrogens (tertiary/aromatic N) is 1. The van der Waals surface area contributed by atoms with E-state index in [1.54, 1.807) is 0 Å². The summed E-state index contributed by atoms with van der Waals surface area (Å²) in [6.07, 6.45) is 0. The molecule has 53 heavy (non-hydrogen) atoms. The van der Waals surface area contributed by atoms with Gasteiger partial charge in [-0.3, -0.25) is 0 Å². The maximum absolute atomic E-state index is 6.59. The molecule has 11 rings (SSSR count). The summed E-state index contributed by atoms with van der Waals surface area (Å²) in [6.45, 7) is 0. The first-order valence-corrected chi connectivity index (χ1v) is 18.1. The van der Waals surface area contributed by atoms with Crippen molar-refractivity contribution in [3.8, 4) is 44.8 Å². The zero-order valence-corrected chi connectivity index (χ0v) is 28.8. The molecule has 0 fully saturated rings. The van der Waals surface area contributed by atoms with Crippen molar-refractivity contribution < 1.29 is 4.42 Å². The van der Waals surface area contributed by atoms with Crippen LogP contribution in [-0.2, 0) is 0 Å². The van der Waals surface area contributed by atoms with Crippen LogP contribution in [0.1, 0.15) is 0 Å². The molecule has 1 aromatic heterocycles. The van der Waals surface area contributed by atoms with E-state index in [4.69, 9.17) is 9.40 Å². The lowest BCUT2D eigenvalue weighted by Crippen LogP contribution is -1.94. The van der Waals surface area contributed by atoms with Crippen LogP contribution < -0.4 is 0 Å². The molecule has 0 aliphatic heterocycles. The SMILES string of the molecule is c1ccc(-c2nc3ccc4ccc5ccc(-c6c7ccccc7c(-c7ccc8ccccc8c7-c7ccccc7)c7ccccc67)cc5c4c3o2)cc1. The average molecular weight is 674 g/mol. The number of fused-ring (bicyclic) bond motifs is 8. The highest BCUT2D eigenvalue weighted by Gasteiger charge is 2.21. The fraction of sp³-hybridized carbons (Fsp3) is 0. The predicted molar refractivity (Wildman–Crippen MR) is 223 cm³/mol. The Morgan fingerprint density at radius 2 is 0.868 bits per heavy atom. The smallest absolute Gasteiger partial charge is 0.227 e. The van der Waals surface area contributed by atoms with Crippen LogP contribution in [0.15, 0.2) is 192 Å². The van der Waals surface area contributed by atoms with E-state index in [1.165, 1.54) is 71.1 Å². The molecule has 246 valence electrons. The number of aromatic nitrogens is 1. The molecule has 0 bridgehead atoms. The van der Waals surface area contributed by atoms with Crippen LogP contribution in [0, 0.1) is 0 Å². The molecule has 0 spiro atoms. The maximum atomic E-state index is 6.59. The van der Waals surface area contributed by atoms with E-state index in [2.05, 4.69) is 158 Å². The fourth-order valence-corrected chi connectivity index (χ4v) is 8.51. The number of hydrogen-bond donors (Lipinski definition) is 0. The van der Waals surface area contributed by atoms with Crippen LogP contribution in [-0.4, -0.2) is 4.98 Å². The first kappa shape index (κ1) is 29.7. The standard InChI is InChI=1S/C51H31NO/c1-3-14-34(15-4-1)46-38-18-8-7-13-32(38)27-29-43(46)49-41-21-11-9-19-39(41)47(40-20-10-12-22-42(40)49)37-26-24-33-23-25-35-28-30-45-50(48(35)44(33)31-37)53-51(52-45)36-16-5-2-6-17-36/h1-31H. The van der Waals surface area contributed by atoms with Crippen molar-refractivity contribution in [1.29, 1.82) is 0 Å². The van der Waals surface area contributed by atoms with E-state index in [0.717, 1.165) is 32.8 Å². The molecular formula is C51H31NO. The van der Waals surface area contributed by atoms with E-state index in [-0.39, 0.29) is 0 Å². The van der Waals surface area contributed by atoms with Gasteiger partial charge in [0.25, 0.3) is 0 Å². The lowest BCUT2D eigenvalue weighted by atomic mass is 9.82. The Balaban J connectivity index is 1.21. The summed E-state index contributed by atoms with van der Waals surface area (Å²) in [7, 11) is 0. The third kappa shape index (κ3) is 4.63. The topological polar surface area (TPSA) is 26.0 Å². The Morgan fingerprint density at radius 3 is 1.58 bits per heavy atom. The number of hydrogen-bond acceptors (Lipinski definition) is 2. The molecule has 0 unspecified atom stereocenters. The van der Waals surface area contributed by atoms with Crippen molar-refractivity contribution >= 4 is 65.0 Å². The minimum atomic E-state index is 0.636. The van der Waals surface area contributed by atoms with E-state index < -0.39 is 0 Å². The second kappa shape index (κ2) is 11.8. The molecule has 0 N–H and O–H groups in total. The van der Waals surface area contributed by atoms with Crippen molar-refractivity contribution in [1.82, 2.24) is 4.98 Å². The minimum absolute atomic E-state index is 0.636. The highest BCUT2D eigenvalue weighted by molar-refractivity contribution is 6.25. The second-order valence-corrected chi connectivity index (χ2v) is 13.8.